The highest BCUT2D eigenvalue weighted by atomic mass is 127. The largest absolute Gasteiger partial charge is 0.0835 e. The Morgan fingerprint density at radius 1 is 1.06 bits per heavy atom. The van der Waals surface area contributed by atoms with Crippen LogP contribution in [0.1, 0.15) is 21.5 Å². The van der Waals surface area contributed by atoms with Gasteiger partial charge in [-0.3, -0.25) is 0 Å². The van der Waals surface area contributed by atoms with E-state index < -0.39 is 0 Å². The molecule has 88 valence electrons. The second-order valence-electron chi connectivity index (χ2n) is 4.18. The molecule has 0 spiro atoms. The number of hydrogen-bond donors (Lipinski definition) is 0. The lowest BCUT2D eigenvalue weighted by molar-refractivity contribution is 0.942. The summed E-state index contributed by atoms with van der Waals surface area (Å²) >= 11 is 6.18. The summed E-state index contributed by atoms with van der Waals surface area (Å²) in [7, 11) is 0. The molecule has 0 heterocycles. The molecule has 1 unspecified atom stereocenters. The van der Waals surface area contributed by atoms with Gasteiger partial charge in [-0.1, -0.05) is 64.0 Å². The molecule has 0 aliphatic carbocycles. The van der Waals surface area contributed by atoms with Gasteiger partial charge < -0.3 is 0 Å². The molecule has 0 saturated carbocycles. The third kappa shape index (κ3) is 3.55. The van der Waals surface area contributed by atoms with Gasteiger partial charge in [0.05, 0.1) is 0 Å². The summed E-state index contributed by atoms with van der Waals surface area (Å²) in [5, 5.41) is 0. The van der Waals surface area contributed by atoms with Gasteiger partial charge >= 0.3 is 0 Å². The van der Waals surface area contributed by atoms with Crippen molar-refractivity contribution in [2.24, 2.45) is 0 Å². The second kappa shape index (κ2) is 6.01. The lowest BCUT2D eigenvalue weighted by Crippen LogP contribution is -1.97. The van der Waals surface area contributed by atoms with Crippen LogP contribution in [0.5, 0.6) is 0 Å². The van der Waals surface area contributed by atoms with Crippen LogP contribution in [0.4, 0.5) is 0 Å². The maximum Gasteiger partial charge on any atom is 0.0446 e. The Kier molecular flexibility index (Phi) is 4.62. The number of benzene rings is 2. The van der Waals surface area contributed by atoms with E-state index in [2.05, 4.69) is 94.0 Å². The molecule has 1 atom stereocenters. The van der Waals surface area contributed by atoms with E-state index in [1.807, 2.05) is 0 Å². The zero-order valence-electron chi connectivity index (χ0n) is 9.66. The van der Waals surface area contributed by atoms with Gasteiger partial charge in [0.1, 0.15) is 0 Å². The monoisotopic (exact) mass is 400 g/mol. The number of alkyl halides is 1. The van der Waals surface area contributed by atoms with Crippen molar-refractivity contribution < 1.29 is 0 Å². The third-order valence-electron chi connectivity index (χ3n) is 2.78. The second-order valence-corrected chi connectivity index (χ2v) is 6.45. The maximum absolute atomic E-state index is 3.79. The first-order valence-corrected chi connectivity index (χ1v) is 7.60. The zero-order chi connectivity index (χ0) is 12.3. The van der Waals surface area contributed by atoms with Crippen molar-refractivity contribution in [1.82, 2.24) is 0 Å². The van der Waals surface area contributed by atoms with Crippen molar-refractivity contribution in [3.05, 3.63) is 68.8 Å². The van der Waals surface area contributed by atoms with Gasteiger partial charge in [-0.15, -0.1) is 0 Å². The van der Waals surface area contributed by atoms with Crippen LogP contribution in [-0.2, 0) is 6.42 Å². The minimum atomic E-state index is 0.387. The van der Waals surface area contributed by atoms with E-state index >= 15 is 0 Å². The Labute approximate surface area is 125 Å². The highest BCUT2D eigenvalue weighted by Gasteiger charge is 2.10. The summed E-state index contributed by atoms with van der Waals surface area (Å²) < 4.78 is 1.32. The minimum absolute atomic E-state index is 0.387. The zero-order valence-corrected chi connectivity index (χ0v) is 13.4. The molecule has 2 aromatic carbocycles. The molecule has 0 aliphatic rings. The molecule has 2 rings (SSSR count). The van der Waals surface area contributed by atoms with Gasteiger partial charge in [0.2, 0.25) is 0 Å². The van der Waals surface area contributed by atoms with Crippen molar-refractivity contribution in [3.8, 4) is 0 Å². The van der Waals surface area contributed by atoms with E-state index in [-0.39, 0.29) is 0 Å². The molecule has 0 aromatic heterocycles. The SMILES string of the molecule is Cc1ccc(CC(Br)c2ccccc2I)cc1. The number of rotatable bonds is 3. The van der Waals surface area contributed by atoms with E-state index in [0.717, 1.165) is 6.42 Å². The van der Waals surface area contributed by atoms with Crippen molar-refractivity contribution in [2.45, 2.75) is 18.2 Å². The fraction of sp³-hybridized carbons (Fsp3) is 0.200. The molecular formula is C15H14BrI. The van der Waals surface area contributed by atoms with Crippen LogP contribution >= 0.6 is 38.5 Å². The number of hydrogen-bond acceptors (Lipinski definition) is 0. The molecular weight excluding hydrogens is 387 g/mol. The van der Waals surface area contributed by atoms with Crippen molar-refractivity contribution >= 4 is 38.5 Å². The van der Waals surface area contributed by atoms with Crippen LogP contribution in [0.25, 0.3) is 0 Å². The van der Waals surface area contributed by atoms with Gasteiger partial charge in [0.15, 0.2) is 0 Å². The molecule has 0 N–H and O–H groups in total. The Morgan fingerprint density at radius 3 is 2.35 bits per heavy atom. The molecule has 0 fully saturated rings. The summed E-state index contributed by atoms with van der Waals surface area (Å²) in [6.07, 6.45) is 1.03. The predicted octanol–water partition coefficient (Wildman–Crippen LogP) is 5.28. The van der Waals surface area contributed by atoms with Crippen molar-refractivity contribution in [2.75, 3.05) is 0 Å². The van der Waals surface area contributed by atoms with E-state index in [4.69, 9.17) is 0 Å². The molecule has 0 bridgehead atoms. The first-order valence-electron chi connectivity index (χ1n) is 5.61. The van der Waals surface area contributed by atoms with Crippen molar-refractivity contribution in [3.63, 3.8) is 0 Å². The average molecular weight is 401 g/mol. The minimum Gasteiger partial charge on any atom is -0.0835 e. The summed E-state index contributed by atoms with van der Waals surface area (Å²) in [6, 6.07) is 17.3. The average Bonchev–Trinajstić information content (AvgIpc) is 2.32. The summed E-state index contributed by atoms with van der Waals surface area (Å²) in [6.45, 7) is 2.12. The summed E-state index contributed by atoms with van der Waals surface area (Å²) in [4.78, 5) is 0.387. The lowest BCUT2D eigenvalue weighted by atomic mass is 10.0. The molecule has 17 heavy (non-hydrogen) atoms. The quantitative estimate of drug-likeness (QED) is 0.485. The van der Waals surface area contributed by atoms with Crippen LogP contribution < -0.4 is 0 Å². The fourth-order valence-electron chi connectivity index (χ4n) is 1.77. The number of halogens is 2. The van der Waals surface area contributed by atoms with Crippen molar-refractivity contribution in [1.29, 1.82) is 0 Å². The molecule has 0 saturated heterocycles. The van der Waals surface area contributed by atoms with Crippen LogP contribution in [0.3, 0.4) is 0 Å². The molecule has 0 radical (unpaired) electrons. The molecule has 2 aromatic rings. The topological polar surface area (TPSA) is 0 Å². The van der Waals surface area contributed by atoms with Crippen LogP contribution in [0, 0.1) is 10.5 Å². The Hall–Kier alpha value is -0.350. The van der Waals surface area contributed by atoms with Gasteiger partial charge in [-0.25, -0.2) is 0 Å². The maximum atomic E-state index is 3.79. The lowest BCUT2D eigenvalue weighted by Gasteiger charge is -2.12. The van der Waals surface area contributed by atoms with E-state index in [0.29, 0.717) is 4.83 Å². The fourth-order valence-corrected chi connectivity index (χ4v) is 3.73. The molecule has 0 amide bonds. The van der Waals surface area contributed by atoms with Gasteiger partial charge in [0, 0.05) is 8.40 Å². The van der Waals surface area contributed by atoms with Crippen LogP contribution in [-0.4, -0.2) is 0 Å². The molecule has 0 nitrogen and oxygen atoms in total. The van der Waals surface area contributed by atoms with Gasteiger partial charge in [0.25, 0.3) is 0 Å². The summed E-state index contributed by atoms with van der Waals surface area (Å²) in [5.41, 5.74) is 4.06. The first kappa shape index (κ1) is 13.1. The molecule has 2 heteroatoms. The smallest absolute Gasteiger partial charge is 0.0446 e. The summed E-state index contributed by atoms with van der Waals surface area (Å²) in [5.74, 6) is 0. The van der Waals surface area contributed by atoms with Gasteiger partial charge in [-0.2, -0.15) is 0 Å². The Bertz CT molecular complexity index is 491. The Balaban J connectivity index is 2.14. The van der Waals surface area contributed by atoms with Crippen LogP contribution in [0.2, 0.25) is 0 Å². The molecule has 0 aliphatic heterocycles. The van der Waals surface area contributed by atoms with Crippen LogP contribution in [0.15, 0.2) is 48.5 Å². The Morgan fingerprint density at radius 2 is 1.71 bits per heavy atom. The van der Waals surface area contributed by atoms with E-state index in [1.54, 1.807) is 0 Å². The van der Waals surface area contributed by atoms with E-state index in [1.165, 1.54) is 20.3 Å². The highest BCUT2D eigenvalue weighted by molar-refractivity contribution is 14.1. The number of aryl methyl sites for hydroxylation is 1. The standard InChI is InChI=1S/C15H14BrI/c1-11-6-8-12(9-7-11)10-14(16)13-4-2-3-5-15(13)17/h2-9,14H,10H2,1H3. The first-order chi connectivity index (χ1) is 8.16. The predicted molar refractivity (Wildman–Crippen MR) is 85.7 cm³/mol. The normalized spacial score (nSPS) is 12.4. The highest BCUT2D eigenvalue weighted by Crippen LogP contribution is 2.30. The third-order valence-corrected chi connectivity index (χ3v) is 4.58. The van der Waals surface area contributed by atoms with E-state index in [9.17, 15) is 0 Å². The van der Waals surface area contributed by atoms with Gasteiger partial charge in [-0.05, 0) is 53.1 Å².